The van der Waals surface area contributed by atoms with Crippen LogP contribution in [0.5, 0.6) is 0 Å². The molecule has 2 atom stereocenters. The Labute approximate surface area is 137 Å². The molecule has 4 heteroatoms. The topological polar surface area (TPSA) is 63.6 Å². The highest BCUT2D eigenvalue weighted by Gasteiger charge is 2.40. The molecule has 0 saturated heterocycles. The zero-order valence-corrected chi connectivity index (χ0v) is 14.0. The second-order valence-corrected chi connectivity index (χ2v) is 6.64. The van der Waals surface area contributed by atoms with E-state index in [0.717, 1.165) is 38.5 Å². The molecule has 1 saturated carbocycles. The fraction of sp³-hybridized carbons (Fsp3) is 0.579. The number of carboxylic acid groups (broad SMARTS) is 1. The maximum atomic E-state index is 12.6. The summed E-state index contributed by atoms with van der Waals surface area (Å²) in [6.45, 7) is 4.17. The van der Waals surface area contributed by atoms with Crippen LogP contribution in [0.15, 0.2) is 24.3 Å². The van der Waals surface area contributed by atoms with Gasteiger partial charge in [-0.3, -0.25) is 0 Å². The number of carboxylic acids is 1. The number of hydrogen-bond donors (Lipinski definition) is 1. The van der Waals surface area contributed by atoms with Crippen LogP contribution in [0.1, 0.15) is 79.5 Å². The Morgan fingerprint density at radius 3 is 2.61 bits per heavy atom. The van der Waals surface area contributed by atoms with Crippen LogP contribution >= 0.6 is 0 Å². The van der Waals surface area contributed by atoms with Crippen LogP contribution in [-0.2, 0) is 4.74 Å². The lowest BCUT2D eigenvalue weighted by Gasteiger charge is -2.41. The number of ether oxygens (including phenoxy) is 1. The van der Waals surface area contributed by atoms with Crippen molar-refractivity contribution in [2.24, 2.45) is 5.92 Å². The van der Waals surface area contributed by atoms with E-state index in [1.165, 1.54) is 18.6 Å². The molecule has 2 unspecified atom stereocenters. The van der Waals surface area contributed by atoms with E-state index in [0.29, 0.717) is 5.92 Å². The van der Waals surface area contributed by atoms with Crippen molar-refractivity contribution < 1.29 is 19.4 Å². The smallest absolute Gasteiger partial charge is 0.339 e. The van der Waals surface area contributed by atoms with E-state index in [4.69, 9.17) is 4.74 Å². The van der Waals surface area contributed by atoms with E-state index in [1.54, 1.807) is 12.1 Å². The van der Waals surface area contributed by atoms with Gasteiger partial charge in [-0.2, -0.15) is 0 Å². The first-order chi connectivity index (χ1) is 11.0. The van der Waals surface area contributed by atoms with Crippen LogP contribution in [0.4, 0.5) is 0 Å². The second-order valence-electron chi connectivity index (χ2n) is 6.64. The van der Waals surface area contributed by atoms with Crippen LogP contribution in [-0.4, -0.2) is 22.6 Å². The van der Waals surface area contributed by atoms with Gasteiger partial charge in [0.05, 0.1) is 11.1 Å². The SMILES string of the molecule is CCCCC1CCCCC1(C)OC(=O)c1ccccc1C(=O)O. The normalized spacial score (nSPS) is 24.2. The molecule has 0 aromatic heterocycles. The lowest BCUT2D eigenvalue weighted by atomic mass is 9.74. The third kappa shape index (κ3) is 4.12. The molecule has 0 bridgehead atoms. The van der Waals surface area contributed by atoms with Gasteiger partial charge >= 0.3 is 11.9 Å². The quantitative estimate of drug-likeness (QED) is 0.773. The van der Waals surface area contributed by atoms with E-state index < -0.39 is 17.5 Å². The molecule has 4 nitrogen and oxygen atoms in total. The second kappa shape index (κ2) is 7.62. The first kappa shape index (κ1) is 17.5. The maximum absolute atomic E-state index is 12.6. The molecule has 0 aliphatic heterocycles. The number of benzene rings is 1. The molecular formula is C19H26O4. The van der Waals surface area contributed by atoms with E-state index in [2.05, 4.69) is 6.92 Å². The highest BCUT2D eigenvalue weighted by Crippen LogP contribution is 2.40. The van der Waals surface area contributed by atoms with Crippen molar-refractivity contribution in [2.45, 2.75) is 64.4 Å². The average molecular weight is 318 g/mol. The van der Waals surface area contributed by atoms with Crippen LogP contribution in [0.25, 0.3) is 0 Å². The predicted molar refractivity (Wildman–Crippen MR) is 88.7 cm³/mol. The minimum Gasteiger partial charge on any atom is -0.478 e. The Bertz CT molecular complexity index is 566. The summed E-state index contributed by atoms with van der Waals surface area (Å²) in [5.41, 5.74) is -0.348. The molecular weight excluding hydrogens is 292 g/mol. The molecule has 1 fully saturated rings. The molecule has 0 amide bonds. The number of carbonyl (C=O) groups excluding carboxylic acids is 1. The monoisotopic (exact) mass is 318 g/mol. The highest BCUT2D eigenvalue weighted by atomic mass is 16.6. The predicted octanol–water partition coefficient (Wildman–Crippen LogP) is 4.68. The van der Waals surface area contributed by atoms with E-state index in [1.807, 2.05) is 6.92 Å². The van der Waals surface area contributed by atoms with Crippen LogP contribution in [0.3, 0.4) is 0 Å². The molecule has 126 valence electrons. The third-order valence-electron chi connectivity index (χ3n) is 4.95. The van der Waals surface area contributed by atoms with Crippen molar-refractivity contribution in [1.82, 2.24) is 0 Å². The molecule has 0 radical (unpaired) electrons. The summed E-state index contributed by atoms with van der Waals surface area (Å²) in [7, 11) is 0. The van der Waals surface area contributed by atoms with E-state index in [9.17, 15) is 14.7 Å². The molecule has 2 rings (SSSR count). The Hall–Kier alpha value is -1.84. The number of unbranched alkanes of at least 4 members (excludes halogenated alkanes) is 1. The van der Waals surface area contributed by atoms with Gasteiger partial charge in [0.2, 0.25) is 0 Å². The largest absolute Gasteiger partial charge is 0.478 e. The summed E-state index contributed by atoms with van der Waals surface area (Å²) in [6, 6.07) is 6.25. The van der Waals surface area contributed by atoms with Gasteiger partial charge in [0.25, 0.3) is 0 Å². The minimum atomic E-state index is -1.10. The Balaban J connectivity index is 2.18. The molecule has 1 aromatic rings. The fourth-order valence-corrected chi connectivity index (χ4v) is 3.53. The highest BCUT2D eigenvalue weighted by molar-refractivity contribution is 6.02. The van der Waals surface area contributed by atoms with E-state index in [-0.39, 0.29) is 11.1 Å². The maximum Gasteiger partial charge on any atom is 0.339 e. The summed E-state index contributed by atoms with van der Waals surface area (Å²) in [4.78, 5) is 23.9. The number of hydrogen-bond acceptors (Lipinski definition) is 3. The number of carbonyl (C=O) groups is 2. The van der Waals surface area contributed by atoms with Crippen molar-refractivity contribution in [2.75, 3.05) is 0 Å². The van der Waals surface area contributed by atoms with Gasteiger partial charge in [-0.15, -0.1) is 0 Å². The Kier molecular flexibility index (Phi) is 5.80. The molecule has 23 heavy (non-hydrogen) atoms. The zero-order valence-electron chi connectivity index (χ0n) is 14.0. The van der Waals surface area contributed by atoms with E-state index >= 15 is 0 Å². The lowest BCUT2D eigenvalue weighted by Crippen LogP contribution is -2.42. The van der Waals surface area contributed by atoms with Gasteiger partial charge in [0.15, 0.2) is 0 Å². The van der Waals surface area contributed by atoms with Crippen LogP contribution in [0, 0.1) is 5.92 Å². The number of rotatable bonds is 6. The van der Waals surface area contributed by atoms with Gasteiger partial charge in [0, 0.05) is 0 Å². The van der Waals surface area contributed by atoms with Gasteiger partial charge in [-0.1, -0.05) is 38.3 Å². The number of aromatic carboxylic acids is 1. The van der Waals surface area contributed by atoms with Crippen molar-refractivity contribution in [1.29, 1.82) is 0 Å². The first-order valence-corrected chi connectivity index (χ1v) is 8.53. The van der Waals surface area contributed by atoms with Gasteiger partial charge in [-0.25, -0.2) is 9.59 Å². The van der Waals surface area contributed by atoms with Crippen molar-refractivity contribution in [3.8, 4) is 0 Å². The Morgan fingerprint density at radius 1 is 1.26 bits per heavy atom. The summed E-state index contributed by atoms with van der Waals surface area (Å²) in [6.07, 6.45) is 7.46. The number of esters is 1. The van der Waals surface area contributed by atoms with Gasteiger partial charge in [0.1, 0.15) is 5.60 Å². The molecule has 0 spiro atoms. The fourth-order valence-electron chi connectivity index (χ4n) is 3.53. The average Bonchev–Trinajstić information content (AvgIpc) is 2.53. The zero-order chi connectivity index (χ0) is 16.9. The van der Waals surface area contributed by atoms with Crippen molar-refractivity contribution in [3.05, 3.63) is 35.4 Å². The van der Waals surface area contributed by atoms with Crippen LogP contribution < -0.4 is 0 Å². The van der Waals surface area contributed by atoms with Crippen LogP contribution in [0.2, 0.25) is 0 Å². The summed E-state index contributed by atoms with van der Waals surface area (Å²) >= 11 is 0. The van der Waals surface area contributed by atoms with Gasteiger partial charge in [-0.05, 0) is 50.7 Å². The molecule has 1 aliphatic rings. The lowest BCUT2D eigenvalue weighted by molar-refractivity contribution is -0.0627. The summed E-state index contributed by atoms with van der Waals surface area (Å²) < 4.78 is 5.86. The summed E-state index contributed by atoms with van der Waals surface area (Å²) in [5.74, 6) is -1.26. The van der Waals surface area contributed by atoms with Crippen molar-refractivity contribution in [3.63, 3.8) is 0 Å². The van der Waals surface area contributed by atoms with Crippen molar-refractivity contribution >= 4 is 11.9 Å². The summed E-state index contributed by atoms with van der Waals surface area (Å²) in [5, 5.41) is 9.24. The Morgan fingerprint density at radius 2 is 1.96 bits per heavy atom. The molecule has 1 aliphatic carbocycles. The van der Waals surface area contributed by atoms with Gasteiger partial charge < -0.3 is 9.84 Å². The third-order valence-corrected chi connectivity index (χ3v) is 4.95. The standard InChI is InChI=1S/C19H26O4/c1-3-4-9-14-10-7-8-13-19(14,2)23-18(22)16-12-6-5-11-15(16)17(20)21/h5-6,11-12,14H,3-4,7-10,13H2,1-2H3,(H,20,21). The molecule has 0 heterocycles. The molecule has 1 N–H and O–H groups in total. The minimum absolute atomic E-state index is 0.00187. The first-order valence-electron chi connectivity index (χ1n) is 8.53. The molecule has 1 aromatic carbocycles.